The maximum absolute atomic E-state index is 4.23. The summed E-state index contributed by atoms with van der Waals surface area (Å²) in [4.78, 5) is 0. The fourth-order valence-corrected chi connectivity index (χ4v) is 3.08. The average Bonchev–Trinajstić information content (AvgIpc) is 3.17. The lowest BCUT2D eigenvalue weighted by molar-refractivity contribution is 1.34. The third-order valence-corrected chi connectivity index (χ3v) is 4.66. The highest BCUT2D eigenvalue weighted by Crippen LogP contribution is 2.29. The molecule has 0 bridgehead atoms. The molecule has 0 amide bonds. The zero-order valence-corrected chi connectivity index (χ0v) is 15.6. The lowest BCUT2D eigenvalue weighted by atomic mass is 9.97. The first-order valence-corrected chi connectivity index (χ1v) is 8.84. The number of aryl methyl sites for hydroxylation is 1. The van der Waals surface area contributed by atoms with Gasteiger partial charge in [-0.05, 0) is 60.2 Å². The Hall–Kier alpha value is -3.06. The van der Waals surface area contributed by atoms with Gasteiger partial charge >= 0.3 is 0 Å². The standard InChI is InChI=1S/C25H25N/c1-17(2)24-16-18(3)10-15-25(24)26-20(5)23-13-11-22(12-14-23)19(4)21-8-6-7-9-21/h6-8,10-16,26H,1,4-5,9H2,2-3H3. The predicted molar refractivity (Wildman–Crippen MR) is 116 cm³/mol. The molecule has 1 N–H and O–H groups in total. The van der Waals surface area contributed by atoms with Crippen LogP contribution in [0.4, 0.5) is 5.69 Å². The summed E-state index contributed by atoms with van der Waals surface area (Å²) in [5.41, 5.74) is 9.86. The Morgan fingerprint density at radius 3 is 2.27 bits per heavy atom. The van der Waals surface area contributed by atoms with Crippen LogP contribution in [0.3, 0.4) is 0 Å². The van der Waals surface area contributed by atoms with Crippen molar-refractivity contribution in [2.75, 3.05) is 5.32 Å². The van der Waals surface area contributed by atoms with Gasteiger partial charge in [0.2, 0.25) is 0 Å². The van der Waals surface area contributed by atoms with Crippen molar-refractivity contribution in [3.05, 3.63) is 108 Å². The van der Waals surface area contributed by atoms with Crippen molar-refractivity contribution in [1.29, 1.82) is 0 Å². The molecule has 130 valence electrons. The van der Waals surface area contributed by atoms with Crippen molar-refractivity contribution < 1.29 is 0 Å². The van der Waals surface area contributed by atoms with Crippen LogP contribution in [-0.2, 0) is 0 Å². The van der Waals surface area contributed by atoms with Gasteiger partial charge in [0.25, 0.3) is 0 Å². The van der Waals surface area contributed by atoms with E-state index >= 15 is 0 Å². The summed E-state index contributed by atoms with van der Waals surface area (Å²) >= 11 is 0. The normalized spacial score (nSPS) is 12.6. The topological polar surface area (TPSA) is 12.0 Å². The molecule has 2 aromatic carbocycles. The minimum absolute atomic E-state index is 0.871. The first-order valence-electron chi connectivity index (χ1n) is 8.84. The first-order chi connectivity index (χ1) is 12.5. The molecule has 0 spiro atoms. The lowest BCUT2D eigenvalue weighted by Gasteiger charge is -2.16. The van der Waals surface area contributed by atoms with Crippen LogP contribution in [0.15, 0.2) is 86.0 Å². The van der Waals surface area contributed by atoms with Gasteiger partial charge in [-0.1, -0.05) is 73.9 Å². The summed E-state index contributed by atoms with van der Waals surface area (Å²) in [7, 11) is 0. The summed E-state index contributed by atoms with van der Waals surface area (Å²) < 4.78 is 0. The zero-order chi connectivity index (χ0) is 18.7. The van der Waals surface area contributed by atoms with E-state index < -0.39 is 0 Å². The van der Waals surface area contributed by atoms with Crippen LogP contribution in [0.5, 0.6) is 0 Å². The van der Waals surface area contributed by atoms with E-state index in [0.29, 0.717) is 0 Å². The molecule has 2 aromatic rings. The van der Waals surface area contributed by atoms with Crippen molar-refractivity contribution in [2.24, 2.45) is 0 Å². The predicted octanol–water partition coefficient (Wildman–Crippen LogP) is 7.01. The van der Waals surface area contributed by atoms with Crippen LogP contribution in [0.2, 0.25) is 0 Å². The number of allylic oxidation sites excluding steroid dienone is 6. The van der Waals surface area contributed by atoms with Crippen molar-refractivity contribution in [3.63, 3.8) is 0 Å². The third-order valence-electron chi connectivity index (χ3n) is 4.66. The molecule has 1 aliphatic carbocycles. The van der Waals surface area contributed by atoms with E-state index in [0.717, 1.165) is 45.6 Å². The van der Waals surface area contributed by atoms with E-state index in [4.69, 9.17) is 0 Å². The Bertz CT molecular complexity index is 937. The Balaban J connectivity index is 1.77. The van der Waals surface area contributed by atoms with Gasteiger partial charge in [-0.2, -0.15) is 0 Å². The summed E-state index contributed by atoms with van der Waals surface area (Å²) in [6, 6.07) is 14.7. The summed E-state index contributed by atoms with van der Waals surface area (Å²) in [6.07, 6.45) is 7.34. The van der Waals surface area contributed by atoms with Gasteiger partial charge in [0, 0.05) is 16.9 Å². The highest BCUT2D eigenvalue weighted by Gasteiger charge is 2.09. The van der Waals surface area contributed by atoms with Crippen LogP contribution in [-0.4, -0.2) is 0 Å². The average molecular weight is 339 g/mol. The Kier molecular flexibility index (Phi) is 5.09. The second kappa shape index (κ2) is 7.45. The molecule has 3 rings (SSSR count). The number of rotatable bonds is 6. The third kappa shape index (κ3) is 3.78. The summed E-state index contributed by atoms with van der Waals surface area (Å²) in [5.74, 6) is 0. The van der Waals surface area contributed by atoms with Gasteiger partial charge in [0.15, 0.2) is 0 Å². The molecular weight excluding hydrogens is 314 g/mol. The fourth-order valence-electron chi connectivity index (χ4n) is 3.08. The number of benzene rings is 2. The quantitative estimate of drug-likeness (QED) is 0.597. The van der Waals surface area contributed by atoms with E-state index in [-0.39, 0.29) is 0 Å². The summed E-state index contributed by atoms with van der Waals surface area (Å²) in [5, 5.41) is 3.44. The number of hydrogen-bond acceptors (Lipinski definition) is 1. The van der Waals surface area contributed by atoms with Crippen LogP contribution >= 0.6 is 0 Å². The van der Waals surface area contributed by atoms with Gasteiger partial charge in [0.05, 0.1) is 0 Å². The fraction of sp³-hybridized carbons (Fsp3) is 0.120. The highest BCUT2D eigenvalue weighted by molar-refractivity contribution is 5.84. The van der Waals surface area contributed by atoms with Crippen LogP contribution < -0.4 is 5.32 Å². The first kappa shape index (κ1) is 17.8. The van der Waals surface area contributed by atoms with Crippen LogP contribution in [0, 0.1) is 6.92 Å². The largest absolute Gasteiger partial charge is 0.355 e. The van der Waals surface area contributed by atoms with Gasteiger partial charge in [-0.3, -0.25) is 0 Å². The molecule has 0 saturated carbocycles. The van der Waals surface area contributed by atoms with Crippen LogP contribution in [0.25, 0.3) is 16.8 Å². The van der Waals surface area contributed by atoms with Gasteiger partial charge in [-0.25, -0.2) is 0 Å². The minimum Gasteiger partial charge on any atom is -0.355 e. The lowest BCUT2D eigenvalue weighted by Crippen LogP contribution is -2.00. The molecular formula is C25H25N. The zero-order valence-electron chi connectivity index (χ0n) is 15.6. The van der Waals surface area contributed by atoms with E-state index in [1.165, 1.54) is 11.1 Å². The second-order valence-electron chi connectivity index (χ2n) is 6.81. The van der Waals surface area contributed by atoms with E-state index in [1.807, 2.05) is 6.92 Å². The Labute approximate surface area is 156 Å². The molecule has 0 heterocycles. The monoisotopic (exact) mass is 339 g/mol. The summed E-state index contributed by atoms with van der Waals surface area (Å²) in [6.45, 7) is 16.6. The molecule has 1 nitrogen and oxygen atoms in total. The highest BCUT2D eigenvalue weighted by atomic mass is 14.9. The molecule has 0 fully saturated rings. The van der Waals surface area contributed by atoms with Gasteiger partial charge < -0.3 is 5.32 Å². The van der Waals surface area contributed by atoms with E-state index in [2.05, 4.69) is 92.7 Å². The molecule has 0 saturated heterocycles. The number of anilines is 1. The molecule has 0 unspecified atom stereocenters. The molecule has 26 heavy (non-hydrogen) atoms. The Morgan fingerprint density at radius 2 is 1.65 bits per heavy atom. The molecule has 0 aliphatic heterocycles. The van der Waals surface area contributed by atoms with E-state index in [9.17, 15) is 0 Å². The second-order valence-corrected chi connectivity index (χ2v) is 6.81. The molecule has 0 radical (unpaired) electrons. The number of nitrogens with one attached hydrogen (secondary N) is 1. The molecule has 0 aromatic heterocycles. The SMILES string of the molecule is C=C(Nc1ccc(C)cc1C(=C)C)c1ccc(C(=C)C2=CC=CC2)cc1. The van der Waals surface area contributed by atoms with Gasteiger partial charge in [-0.15, -0.1) is 0 Å². The van der Waals surface area contributed by atoms with Crippen molar-refractivity contribution in [1.82, 2.24) is 0 Å². The minimum atomic E-state index is 0.871. The molecule has 0 atom stereocenters. The maximum atomic E-state index is 4.23. The van der Waals surface area contributed by atoms with Crippen molar-refractivity contribution >= 4 is 22.5 Å². The molecule has 1 heteroatoms. The van der Waals surface area contributed by atoms with Gasteiger partial charge in [0.1, 0.15) is 0 Å². The van der Waals surface area contributed by atoms with Crippen LogP contribution in [0.1, 0.15) is 35.6 Å². The maximum Gasteiger partial charge on any atom is 0.0460 e. The smallest absolute Gasteiger partial charge is 0.0460 e. The van der Waals surface area contributed by atoms with Crippen molar-refractivity contribution in [2.45, 2.75) is 20.3 Å². The Morgan fingerprint density at radius 1 is 0.962 bits per heavy atom. The number of hydrogen-bond donors (Lipinski definition) is 1. The molecule has 1 aliphatic rings. The van der Waals surface area contributed by atoms with Crippen molar-refractivity contribution in [3.8, 4) is 0 Å². The van der Waals surface area contributed by atoms with E-state index in [1.54, 1.807) is 0 Å².